The molecule has 0 aliphatic carbocycles. The third-order valence-corrected chi connectivity index (χ3v) is 3.66. The zero-order chi connectivity index (χ0) is 12.6. The molecule has 0 aliphatic heterocycles. The lowest BCUT2D eigenvalue weighted by Gasteiger charge is -2.23. The zero-order valence-corrected chi connectivity index (χ0v) is 11.2. The van der Waals surface area contributed by atoms with Gasteiger partial charge in [-0.25, -0.2) is 5.10 Å². The number of H-pyrrole nitrogens is 1. The lowest BCUT2D eigenvalue weighted by Crippen LogP contribution is -2.16. The van der Waals surface area contributed by atoms with Crippen molar-refractivity contribution < 1.29 is 0 Å². The van der Waals surface area contributed by atoms with Gasteiger partial charge < -0.3 is 0 Å². The second-order valence-electron chi connectivity index (χ2n) is 5.17. The Morgan fingerprint density at radius 1 is 1.35 bits per heavy atom. The first-order valence-electron chi connectivity index (χ1n) is 6.02. The molecule has 0 radical (unpaired) electrons. The van der Waals surface area contributed by atoms with E-state index in [1.54, 1.807) is 6.33 Å². The minimum absolute atomic E-state index is 0.195. The first-order valence-corrected chi connectivity index (χ1v) is 6.02. The van der Waals surface area contributed by atoms with E-state index in [-0.39, 0.29) is 5.41 Å². The summed E-state index contributed by atoms with van der Waals surface area (Å²) < 4.78 is 2.12. The summed E-state index contributed by atoms with van der Waals surface area (Å²) in [7, 11) is 0. The summed E-state index contributed by atoms with van der Waals surface area (Å²) in [6.07, 6.45) is 2.66. The van der Waals surface area contributed by atoms with E-state index in [1.165, 1.54) is 17.0 Å². The van der Waals surface area contributed by atoms with Crippen molar-refractivity contribution in [2.75, 3.05) is 0 Å². The molecule has 4 heteroatoms. The van der Waals surface area contributed by atoms with Crippen molar-refractivity contribution in [3.05, 3.63) is 29.3 Å². The van der Waals surface area contributed by atoms with E-state index in [2.05, 4.69) is 60.4 Å². The fraction of sp³-hybridized carbons (Fsp3) is 0.538. The molecule has 4 nitrogen and oxygen atoms in total. The summed E-state index contributed by atoms with van der Waals surface area (Å²) in [5.74, 6) is 0.790. The van der Waals surface area contributed by atoms with Crippen molar-refractivity contribution >= 4 is 0 Å². The molecule has 0 bridgehead atoms. The van der Waals surface area contributed by atoms with Crippen LogP contribution in [-0.2, 0) is 5.41 Å². The van der Waals surface area contributed by atoms with Gasteiger partial charge in [-0.3, -0.25) is 4.57 Å². The van der Waals surface area contributed by atoms with Crippen LogP contribution in [0.25, 0.3) is 5.95 Å². The maximum Gasteiger partial charge on any atom is 0.229 e. The molecule has 0 saturated heterocycles. The number of aromatic nitrogens is 4. The van der Waals surface area contributed by atoms with Crippen LogP contribution in [0.5, 0.6) is 0 Å². The number of hydrogen-bond acceptors (Lipinski definition) is 2. The summed E-state index contributed by atoms with van der Waals surface area (Å²) in [5, 5.41) is 6.84. The molecule has 0 aromatic carbocycles. The van der Waals surface area contributed by atoms with Gasteiger partial charge in [-0.05, 0) is 37.3 Å². The van der Waals surface area contributed by atoms with Crippen LogP contribution in [0.4, 0.5) is 0 Å². The second-order valence-corrected chi connectivity index (χ2v) is 5.17. The van der Waals surface area contributed by atoms with Gasteiger partial charge in [0.1, 0.15) is 6.33 Å². The monoisotopic (exact) mass is 232 g/mol. The first kappa shape index (κ1) is 11.9. The van der Waals surface area contributed by atoms with Gasteiger partial charge in [-0.15, -0.1) is 0 Å². The lowest BCUT2D eigenvalue weighted by atomic mass is 9.82. The summed E-state index contributed by atoms with van der Waals surface area (Å²) in [4.78, 5) is 4.23. The topological polar surface area (TPSA) is 46.5 Å². The first-order chi connectivity index (χ1) is 7.97. The summed E-state index contributed by atoms with van der Waals surface area (Å²) in [6.45, 7) is 11.0. The highest BCUT2D eigenvalue weighted by molar-refractivity contribution is 5.37. The molecule has 2 heterocycles. The molecule has 2 aromatic rings. The number of nitrogens with zero attached hydrogens (tertiary/aromatic N) is 3. The van der Waals surface area contributed by atoms with Gasteiger partial charge in [0.15, 0.2) is 0 Å². The molecule has 0 unspecified atom stereocenters. The smallest absolute Gasteiger partial charge is 0.229 e. The van der Waals surface area contributed by atoms with Crippen molar-refractivity contribution in [2.24, 2.45) is 0 Å². The average molecular weight is 232 g/mol. The van der Waals surface area contributed by atoms with Crippen LogP contribution in [-0.4, -0.2) is 19.7 Å². The van der Waals surface area contributed by atoms with Crippen LogP contribution in [0, 0.1) is 13.8 Å². The Balaban J connectivity index is 2.58. The van der Waals surface area contributed by atoms with Gasteiger partial charge in [-0.2, -0.15) is 10.1 Å². The van der Waals surface area contributed by atoms with E-state index in [4.69, 9.17) is 0 Å². The van der Waals surface area contributed by atoms with E-state index >= 15 is 0 Å². The quantitative estimate of drug-likeness (QED) is 0.884. The van der Waals surface area contributed by atoms with Crippen LogP contribution in [0.3, 0.4) is 0 Å². The highest BCUT2D eigenvalue weighted by atomic mass is 15.3. The molecule has 0 atom stereocenters. The minimum Gasteiger partial charge on any atom is -0.287 e. The third kappa shape index (κ3) is 1.88. The fourth-order valence-electron chi connectivity index (χ4n) is 2.27. The summed E-state index contributed by atoms with van der Waals surface area (Å²) in [6, 6.07) is 2.25. The standard InChI is InChI=1S/C13H20N4/c1-6-13(4,5)11-7-9(2)17(10(11)3)12-14-8-15-16-12/h7-8H,6H2,1-5H3,(H,14,15,16). The molecular formula is C13H20N4. The zero-order valence-electron chi connectivity index (χ0n) is 11.2. The molecule has 92 valence electrons. The van der Waals surface area contributed by atoms with Crippen LogP contribution >= 0.6 is 0 Å². The van der Waals surface area contributed by atoms with Crippen LogP contribution in [0.1, 0.15) is 44.1 Å². The number of aryl methyl sites for hydroxylation is 1. The van der Waals surface area contributed by atoms with Gasteiger partial charge in [0, 0.05) is 11.4 Å². The Labute approximate surface area is 102 Å². The molecule has 1 N–H and O–H groups in total. The highest BCUT2D eigenvalue weighted by Crippen LogP contribution is 2.32. The van der Waals surface area contributed by atoms with Crippen LogP contribution < -0.4 is 0 Å². The summed E-state index contributed by atoms with van der Waals surface area (Å²) >= 11 is 0. The Morgan fingerprint density at radius 3 is 2.59 bits per heavy atom. The van der Waals surface area contributed by atoms with E-state index in [1.807, 2.05) is 0 Å². The number of nitrogens with one attached hydrogen (secondary N) is 1. The number of aromatic amines is 1. The predicted molar refractivity (Wildman–Crippen MR) is 68.5 cm³/mol. The largest absolute Gasteiger partial charge is 0.287 e. The SMILES string of the molecule is CCC(C)(C)c1cc(C)n(-c2ncn[nH]2)c1C. The summed E-state index contributed by atoms with van der Waals surface area (Å²) in [5.41, 5.74) is 4.01. The average Bonchev–Trinajstić information content (AvgIpc) is 2.87. The third-order valence-electron chi connectivity index (χ3n) is 3.66. The fourth-order valence-corrected chi connectivity index (χ4v) is 2.27. The van der Waals surface area contributed by atoms with Crippen molar-refractivity contribution in [2.45, 2.75) is 46.5 Å². The van der Waals surface area contributed by atoms with Crippen molar-refractivity contribution in [3.8, 4) is 5.95 Å². The Hall–Kier alpha value is -1.58. The Bertz CT molecular complexity index is 506. The van der Waals surface area contributed by atoms with Gasteiger partial charge in [-0.1, -0.05) is 20.8 Å². The normalized spacial score (nSPS) is 12.1. The molecule has 0 aliphatic rings. The molecular weight excluding hydrogens is 212 g/mol. The van der Waals surface area contributed by atoms with E-state index in [9.17, 15) is 0 Å². The van der Waals surface area contributed by atoms with E-state index < -0.39 is 0 Å². The maximum absolute atomic E-state index is 4.23. The number of hydrogen-bond donors (Lipinski definition) is 1. The molecule has 0 amide bonds. The molecule has 0 spiro atoms. The molecule has 17 heavy (non-hydrogen) atoms. The van der Waals surface area contributed by atoms with E-state index in [0.717, 1.165) is 12.4 Å². The Morgan fingerprint density at radius 2 is 2.06 bits per heavy atom. The molecule has 0 fully saturated rings. The Kier molecular flexibility index (Phi) is 2.81. The van der Waals surface area contributed by atoms with Gasteiger partial charge >= 0.3 is 0 Å². The van der Waals surface area contributed by atoms with Crippen LogP contribution in [0.2, 0.25) is 0 Å². The highest BCUT2D eigenvalue weighted by Gasteiger charge is 2.24. The molecule has 0 saturated carbocycles. The second kappa shape index (κ2) is 4.02. The van der Waals surface area contributed by atoms with Crippen molar-refractivity contribution in [1.82, 2.24) is 19.7 Å². The van der Waals surface area contributed by atoms with Crippen molar-refractivity contribution in [1.29, 1.82) is 0 Å². The van der Waals surface area contributed by atoms with Crippen molar-refractivity contribution in [3.63, 3.8) is 0 Å². The number of rotatable bonds is 3. The predicted octanol–water partition coefficient (Wildman–Crippen LogP) is 2.90. The molecule has 2 rings (SSSR count). The minimum atomic E-state index is 0.195. The van der Waals surface area contributed by atoms with Gasteiger partial charge in [0.05, 0.1) is 0 Å². The van der Waals surface area contributed by atoms with Gasteiger partial charge in [0.25, 0.3) is 0 Å². The van der Waals surface area contributed by atoms with Gasteiger partial charge in [0.2, 0.25) is 5.95 Å². The van der Waals surface area contributed by atoms with Crippen LogP contribution in [0.15, 0.2) is 12.4 Å². The lowest BCUT2D eigenvalue weighted by molar-refractivity contribution is 0.502. The van der Waals surface area contributed by atoms with E-state index in [0.29, 0.717) is 0 Å². The maximum atomic E-state index is 4.23. The molecule has 2 aromatic heterocycles.